The molecule has 0 radical (unpaired) electrons. The van der Waals surface area contributed by atoms with Crippen molar-refractivity contribution < 1.29 is 23.4 Å². The van der Waals surface area contributed by atoms with E-state index in [4.69, 9.17) is 4.74 Å². The first-order valence-electron chi connectivity index (χ1n) is 10.9. The number of ether oxygens (including phenoxy) is 1. The molecule has 8 heteroatoms. The van der Waals surface area contributed by atoms with Gasteiger partial charge in [-0.3, -0.25) is 4.79 Å². The van der Waals surface area contributed by atoms with Crippen LogP contribution in [-0.4, -0.2) is 32.3 Å². The van der Waals surface area contributed by atoms with Crippen LogP contribution in [0.25, 0.3) is 0 Å². The number of halogens is 2. The van der Waals surface area contributed by atoms with Gasteiger partial charge < -0.3 is 9.84 Å². The number of benzene rings is 2. The topological polar surface area (TPSA) is 77.2 Å². The molecule has 3 aromatic rings. The third-order valence-corrected chi connectivity index (χ3v) is 5.19. The number of carbonyl (C=O) groups excluding carboxylic acids is 1. The molecule has 3 rings (SSSR count). The number of carbonyl (C=O) groups is 1. The molecule has 1 aromatic heterocycles. The van der Waals surface area contributed by atoms with E-state index in [-0.39, 0.29) is 24.4 Å². The summed E-state index contributed by atoms with van der Waals surface area (Å²) in [6.07, 6.45) is 8.13. The number of hydrogen-bond acceptors (Lipinski definition) is 5. The molecule has 0 aliphatic carbocycles. The van der Waals surface area contributed by atoms with E-state index in [1.54, 1.807) is 30.3 Å². The van der Waals surface area contributed by atoms with E-state index in [1.807, 2.05) is 6.08 Å². The fraction of sp³-hybridized carbons (Fsp3) is 0.320. The second-order valence-corrected chi connectivity index (χ2v) is 7.70. The molecule has 0 fully saturated rings. The summed E-state index contributed by atoms with van der Waals surface area (Å²) < 4.78 is 34.8. The Morgan fingerprint density at radius 2 is 2.00 bits per heavy atom. The predicted molar refractivity (Wildman–Crippen MR) is 120 cm³/mol. The molecule has 0 amide bonds. The van der Waals surface area contributed by atoms with Gasteiger partial charge in [0.05, 0.1) is 12.5 Å². The quantitative estimate of drug-likeness (QED) is 0.315. The molecule has 0 saturated heterocycles. The number of allylic oxidation sites excluding steroid dienone is 2. The van der Waals surface area contributed by atoms with Crippen LogP contribution in [0.2, 0.25) is 0 Å². The lowest BCUT2D eigenvalue weighted by Gasteiger charge is -2.24. The molecule has 6 nitrogen and oxygen atoms in total. The molecule has 0 aliphatic heterocycles. The Morgan fingerprint density at radius 1 is 1.21 bits per heavy atom. The van der Waals surface area contributed by atoms with Crippen LogP contribution in [0.5, 0.6) is 5.75 Å². The summed E-state index contributed by atoms with van der Waals surface area (Å²) in [6, 6.07) is 10.2. The van der Waals surface area contributed by atoms with Crippen molar-refractivity contribution in [1.82, 2.24) is 14.8 Å². The molecule has 174 valence electrons. The molecule has 2 aromatic carbocycles. The normalized spacial score (nSPS) is 13.2. The summed E-state index contributed by atoms with van der Waals surface area (Å²) in [5.74, 6) is -1.85. The number of ketones is 1. The molecule has 1 N–H and O–H groups in total. The minimum atomic E-state index is -1.27. The highest BCUT2D eigenvalue weighted by Crippen LogP contribution is 2.30. The summed E-state index contributed by atoms with van der Waals surface area (Å²) in [6.45, 7) is 2.01. The standard InChI is InChI=1S/C25H27F2N3O3/c1-2-3-4-5-6-20(31)13-18-7-10-21(11-8-18)33-15-23(25(32)30-17-28-16-29-30)22-12-9-19(26)14-24(22)27/h5-12,14,16-17,23,25,32H,2-4,13,15H2,1H3/b6-5+. The third-order valence-electron chi connectivity index (χ3n) is 5.19. The van der Waals surface area contributed by atoms with Crippen molar-refractivity contribution in [2.45, 2.75) is 44.8 Å². The van der Waals surface area contributed by atoms with Crippen LogP contribution in [0, 0.1) is 11.6 Å². The number of hydrogen-bond donors (Lipinski definition) is 1. The monoisotopic (exact) mass is 455 g/mol. The summed E-state index contributed by atoms with van der Waals surface area (Å²) in [5.41, 5.74) is 0.938. The fourth-order valence-electron chi connectivity index (χ4n) is 3.36. The van der Waals surface area contributed by atoms with Crippen molar-refractivity contribution in [2.75, 3.05) is 6.61 Å². The lowest BCUT2D eigenvalue weighted by atomic mass is 9.97. The zero-order valence-corrected chi connectivity index (χ0v) is 18.4. The van der Waals surface area contributed by atoms with Crippen molar-refractivity contribution in [3.8, 4) is 5.75 Å². The molecular weight excluding hydrogens is 428 g/mol. The van der Waals surface area contributed by atoms with Gasteiger partial charge in [-0.2, -0.15) is 5.10 Å². The van der Waals surface area contributed by atoms with Gasteiger partial charge in [0, 0.05) is 12.5 Å². The summed E-state index contributed by atoms with van der Waals surface area (Å²) in [4.78, 5) is 15.9. The average molecular weight is 456 g/mol. The Balaban J connectivity index is 1.66. The van der Waals surface area contributed by atoms with Gasteiger partial charge in [-0.15, -0.1) is 0 Å². The van der Waals surface area contributed by atoms with Crippen LogP contribution in [-0.2, 0) is 11.2 Å². The first kappa shape index (κ1) is 24.3. The van der Waals surface area contributed by atoms with Crippen LogP contribution in [0.3, 0.4) is 0 Å². The maximum absolute atomic E-state index is 14.4. The maximum Gasteiger partial charge on any atom is 0.159 e. The molecule has 2 unspecified atom stereocenters. The largest absolute Gasteiger partial charge is 0.493 e. The molecule has 0 aliphatic rings. The van der Waals surface area contributed by atoms with Crippen LogP contribution in [0.1, 0.15) is 49.5 Å². The van der Waals surface area contributed by atoms with Gasteiger partial charge in [-0.05, 0) is 41.8 Å². The number of nitrogens with zero attached hydrogens (tertiary/aromatic N) is 3. The molecule has 33 heavy (non-hydrogen) atoms. The van der Waals surface area contributed by atoms with Crippen molar-refractivity contribution in [3.05, 3.63) is 90.0 Å². The number of aliphatic hydroxyl groups is 1. The molecule has 1 heterocycles. The van der Waals surface area contributed by atoms with E-state index in [9.17, 15) is 18.7 Å². The highest BCUT2D eigenvalue weighted by Gasteiger charge is 2.27. The van der Waals surface area contributed by atoms with E-state index < -0.39 is 23.8 Å². The highest BCUT2D eigenvalue weighted by molar-refractivity contribution is 5.91. The predicted octanol–water partition coefficient (Wildman–Crippen LogP) is 4.77. The first-order chi connectivity index (χ1) is 16.0. The van der Waals surface area contributed by atoms with E-state index in [0.29, 0.717) is 5.75 Å². The van der Waals surface area contributed by atoms with Gasteiger partial charge in [0.15, 0.2) is 12.0 Å². The highest BCUT2D eigenvalue weighted by atomic mass is 19.1. The second kappa shape index (κ2) is 12.0. The second-order valence-electron chi connectivity index (χ2n) is 7.70. The van der Waals surface area contributed by atoms with Crippen LogP contribution >= 0.6 is 0 Å². The number of rotatable bonds is 12. The van der Waals surface area contributed by atoms with Crippen molar-refractivity contribution in [2.24, 2.45) is 0 Å². The minimum Gasteiger partial charge on any atom is -0.493 e. The lowest BCUT2D eigenvalue weighted by Crippen LogP contribution is -2.24. The Labute approximate surface area is 191 Å². The molecule has 0 spiro atoms. The Hall–Kier alpha value is -3.39. The first-order valence-corrected chi connectivity index (χ1v) is 10.9. The lowest BCUT2D eigenvalue weighted by molar-refractivity contribution is -0.114. The SMILES string of the molecule is CCCC/C=C/C(=O)Cc1ccc(OCC(c2ccc(F)cc2F)C(O)n2cncn2)cc1. The maximum atomic E-state index is 14.4. The van der Waals surface area contributed by atoms with Gasteiger partial charge in [-0.1, -0.05) is 44.0 Å². The minimum absolute atomic E-state index is 0.0302. The summed E-state index contributed by atoms with van der Waals surface area (Å²) >= 11 is 0. The van der Waals surface area contributed by atoms with E-state index in [0.717, 1.165) is 37.0 Å². The zero-order chi connectivity index (χ0) is 23.6. The Morgan fingerprint density at radius 3 is 2.67 bits per heavy atom. The van der Waals surface area contributed by atoms with Gasteiger partial charge in [-0.25, -0.2) is 18.4 Å². The summed E-state index contributed by atoms with van der Waals surface area (Å²) in [5, 5.41) is 14.6. The molecular formula is C25H27F2N3O3. The van der Waals surface area contributed by atoms with Crippen LogP contribution in [0.4, 0.5) is 8.78 Å². The van der Waals surface area contributed by atoms with Crippen molar-refractivity contribution in [1.29, 1.82) is 0 Å². The van der Waals surface area contributed by atoms with Gasteiger partial charge in [0.25, 0.3) is 0 Å². The third kappa shape index (κ3) is 7.05. The van der Waals surface area contributed by atoms with Crippen molar-refractivity contribution in [3.63, 3.8) is 0 Å². The molecule has 0 bridgehead atoms. The molecule has 2 atom stereocenters. The van der Waals surface area contributed by atoms with Gasteiger partial charge in [0.2, 0.25) is 0 Å². The summed E-state index contributed by atoms with van der Waals surface area (Å²) in [7, 11) is 0. The fourth-order valence-corrected chi connectivity index (χ4v) is 3.36. The zero-order valence-electron chi connectivity index (χ0n) is 18.4. The van der Waals surface area contributed by atoms with E-state index in [1.165, 1.54) is 23.4 Å². The van der Waals surface area contributed by atoms with Crippen LogP contribution in [0.15, 0.2) is 67.3 Å². The molecule has 0 saturated carbocycles. The smallest absolute Gasteiger partial charge is 0.159 e. The number of aliphatic hydroxyl groups excluding tert-OH is 1. The van der Waals surface area contributed by atoms with Gasteiger partial charge >= 0.3 is 0 Å². The Kier molecular flexibility index (Phi) is 8.83. The Bertz CT molecular complexity index is 1050. The van der Waals surface area contributed by atoms with Crippen LogP contribution < -0.4 is 4.74 Å². The van der Waals surface area contributed by atoms with Gasteiger partial charge in [0.1, 0.15) is 30.0 Å². The van der Waals surface area contributed by atoms with E-state index >= 15 is 0 Å². The average Bonchev–Trinajstić information content (AvgIpc) is 3.34. The van der Waals surface area contributed by atoms with Crippen molar-refractivity contribution >= 4 is 5.78 Å². The number of aromatic nitrogens is 3. The van der Waals surface area contributed by atoms with E-state index in [2.05, 4.69) is 17.0 Å². The number of unbranched alkanes of at least 4 members (excludes halogenated alkanes) is 2.